The van der Waals surface area contributed by atoms with Crippen molar-refractivity contribution in [2.75, 3.05) is 13.2 Å². The molecule has 0 unspecified atom stereocenters. The molecule has 156 valence electrons. The first kappa shape index (κ1) is 22.7. The van der Waals surface area contributed by atoms with Gasteiger partial charge in [0.2, 0.25) is 0 Å². The van der Waals surface area contributed by atoms with Gasteiger partial charge >= 0.3 is 11.9 Å². The molecule has 0 amide bonds. The maximum Gasteiger partial charge on any atom is 0.348 e. The molecule has 0 fully saturated rings. The number of nitrogens with zero attached hydrogens (tertiary/aromatic N) is 1. The van der Waals surface area contributed by atoms with Gasteiger partial charge in [-0.05, 0) is 62.6 Å². The summed E-state index contributed by atoms with van der Waals surface area (Å²) in [5.41, 5.74) is 2.67. The van der Waals surface area contributed by atoms with Gasteiger partial charge in [0.05, 0.1) is 13.2 Å². The topological polar surface area (TPSA) is 85.6 Å². The Hall–Kier alpha value is -3.59. The number of aryl methyl sites for hydroxylation is 2. The SMILES string of the molecule is CCOC(=O)/C(C#N)=C/c1cccc(OC(=O)CCCOc2ccc(C)cc2C)c1. The Kier molecular flexibility index (Phi) is 8.64. The van der Waals surface area contributed by atoms with Crippen LogP contribution < -0.4 is 9.47 Å². The first-order valence-corrected chi connectivity index (χ1v) is 9.72. The molecule has 0 bridgehead atoms. The van der Waals surface area contributed by atoms with Crippen LogP contribution >= 0.6 is 0 Å². The quantitative estimate of drug-likeness (QED) is 0.199. The zero-order chi connectivity index (χ0) is 21.9. The van der Waals surface area contributed by atoms with Crippen LogP contribution in [-0.2, 0) is 14.3 Å². The van der Waals surface area contributed by atoms with Gasteiger partial charge in [0, 0.05) is 6.42 Å². The highest BCUT2D eigenvalue weighted by Gasteiger charge is 2.11. The highest BCUT2D eigenvalue weighted by Crippen LogP contribution is 2.20. The standard InChI is InChI=1S/C24H25NO5/c1-4-28-24(27)20(16-25)14-19-7-5-8-21(15-19)30-23(26)9-6-12-29-22-11-10-17(2)13-18(22)3/h5,7-8,10-11,13-15H,4,6,9,12H2,1-3H3/b20-14+. The molecule has 0 aliphatic heterocycles. The molecule has 2 aromatic rings. The predicted octanol–water partition coefficient (Wildman–Crippen LogP) is 4.54. The van der Waals surface area contributed by atoms with Gasteiger partial charge in [-0.15, -0.1) is 0 Å². The number of hydrogen-bond acceptors (Lipinski definition) is 6. The van der Waals surface area contributed by atoms with E-state index in [2.05, 4.69) is 0 Å². The van der Waals surface area contributed by atoms with Crippen LogP contribution in [0.15, 0.2) is 48.0 Å². The number of esters is 2. The van der Waals surface area contributed by atoms with E-state index in [1.54, 1.807) is 31.2 Å². The fraction of sp³-hybridized carbons (Fsp3) is 0.292. The van der Waals surface area contributed by atoms with Gasteiger partial charge in [0.15, 0.2) is 0 Å². The van der Waals surface area contributed by atoms with Crippen LogP contribution in [0.4, 0.5) is 0 Å². The van der Waals surface area contributed by atoms with Crippen molar-refractivity contribution in [2.24, 2.45) is 0 Å². The second-order valence-corrected chi connectivity index (χ2v) is 6.66. The van der Waals surface area contributed by atoms with E-state index >= 15 is 0 Å². The van der Waals surface area contributed by atoms with E-state index in [0.29, 0.717) is 24.3 Å². The molecule has 0 atom stereocenters. The lowest BCUT2D eigenvalue weighted by atomic mass is 10.1. The van der Waals surface area contributed by atoms with E-state index < -0.39 is 5.97 Å². The van der Waals surface area contributed by atoms with Gasteiger partial charge < -0.3 is 14.2 Å². The summed E-state index contributed by atoms with van der Waals surface area (Å²) in [6.07, 6.45) is 2.12. The summed E-state index contributed by atoms with van der Waals surface area (Å²) >= 11 is 0. The molecule has 0 saturated carbocycles. The van der Waals surface area contributed by atoms with Crippen molar-refractivity contribution < 1.29 is 23.8 Å². The molecular formula is C24H25NO5. The van der Waals surface area contributed by atoms with E-state index in [1.165, 1.54) is 11.6 Å². The first-order valence-electron chi connectivity index (χ1n) is 9.72. The van der Waals surface area contributed by atoms with Gasteiger partial charge in [0.1, 0.15) is 23.1 Å². The third kappa shape index (κ3) is 7.10. The number of rotatable bonds is 9. The lowest BCUT2D eigenvalue weighted by molar-refractivity contribution is -0.138. The van der Waals surface area contributed by atoms with Gasteiger partial charge in [-0.25, -0.2) is 4.79 Å². The van der Waals surface area contributed by atoms with Crippen LogP contribution in [0.5, 0.6) is 11.5 Å². The summed E-state index contributed by atoms with van der Waals surface area (Å²) in [5.74, 6) is 0.0750. The Bertz CT molecular complexity index is 972. The normalized spacial score (nSPS) is 10.8. The summed E-state index contributed by atoms with van der Waals surface area (Å²) in [5, 5.41) is 9.12. The Labute approximate surface area is 176 Å². The molecule has 0 N–H and O–H groups in total. The van der Waals surface area contributed by atoms with Crippen molar-refractivity contribution in [3.8, 4) is 17.6 Å². The van der Waals surface area contributed by atoms with E-state index in [-0.39, 0.29) is 24.6 Å². The fourth-order valence-electron chi connectivity index (χ4n) is 2.72. The van der Waals surface area contributed by atoms with Crippen molar-refractivity contribution in [3.05, 3.63) is 64.7 Å². The summed E-state index contributed by atoms with van der Waals surface area (Å²) in [7, 11) is 0. The number of carbonyl (C=O) groups excluding carboxylic acids is 2. The average Bonchev–Trinajstić information content (AvgIpc) is 2.71. The smallest absolute Gasteiger partial charge is 0.348 e. The summed E-state index contributed by atoms with van der Waals surface area (Å²) in [6, 6.07) is 14.4. The maximum atomic E-state index is 12.1. The van der Waals surface area contributed by atoms with Crippen molar-refractivity contribution in [3.63, 3.8) is 0 Å². The minimum Gasteiger partial charge on any atom is -0.493 e. The molecule has 0 saturated heterocycles. The molecular weight excluding hydrogens is 382 g/mol. The molecule has 6 heteroatoms. The molecule has 2 rings (SSSR count). The molecule has 0 aliphatic rings. The largest absolute Gasteiger partial charge is 0.493 e. The van der Waals surface area contributed by atoms with Crippen molar-refractivity contribution >= 4 is 18.0 Å². The highest BCUT2D eigenvalue weighted by atomic mass is 16.5. The van der Waals surface area contributed by atoms with Gasteiger partial charge in [-0.1, -0.05) is 29.8 Å². The summed E-state index contributed by atoms with van der Waals surface area (Å²) < 4.78 is 15.9. The third-order valence-corrected chi connectivity index (χ3v) is 4.13. The van der Waals surface area contributed by atoms with Crippen molar-refractivity contribution in [1.29, 1.82) is 5.26 Å². The highest BCUT2D eigenvalue weighted by molar-refractivity contribution is 5.97. The van der Waals surface area contributed by atoms with E-state index in [4.69, 9.17) is 19.5 Å². The fourth-order valence-corrected chi connectivity index (χ4v) is 2.72. The molecule has 0 aromatic heterocycles. The van der Waals surface area contributed by atoms with E-state index in [1.807, 2.05) is 38.1 Å². The molecule has 0 heterocycles. The number of carbonyl (C=O) groups is 2. The zero-order valence-electron chi connectivity index (χ0n) is 17.4. The van der Waals surface area contributed by atoms with Gasteiger partial charge in [-0.2, -0.15) is 5.26 Å². The van der Waals surface area contributed by atoms with Crippen LogP contribution in [0.1, 0.15) is 36.5 Å². The molecule has 2 aromatic carbocycles. The summed E-state index contributed by atoms with van der Waals surface area (Å²) in [6.45, 7) is 6.27. The first-order chi connectivity index (χ1) is 14.4. The number of nitriles is 1. The van der Waals surface area contributed by atoms with E-state index in [9.17, 15) is 9.59 Å². The Balaban J connectivity index is 1.87. The Morgan fingerprint density at radius 2 is 1.93 bits per heavy atom. The third-order valence-electron chi connectivity index (χ3n) is 4.13. The maximum absolute atomic E-state index is 12.1. The molecule has 30 heavy (non-hydrogen) atoms. The lowest BCUT2D eigenvalue weighted by Gasteiger charge is -2.10. The minimum absolute atomic E-state index is 0.121. The van der Waals surface area contributed by atoms with Crippen molar-refractivity contribution in [1.82, 2.24) is 0 Å². The number of hydrogen-bond donors (Lipinski definition) is 0. The van der Waals surface area contributed by atoms with Gasteiger partial charge in [0.25, 0.3) is 0 Å². The summed E-state index contributed by atoms with van der Waals surface area (Å²) in [4.78, 5) is 23.8. The Morgan fingerprint density at radius 1 is 1.13 bits per heavy atom. The van der Waals surface area contributed by atoms with Crippen LogP contribution in [0, 0.1) is 25.2 Å². The number of ether oxygens (including phenoxy) is 3. The van der Waals surface area contributed by atoms with Crippen molar-refractivity contribution in [2.45, 2.75) is 33.6 Å². The van der Waals surface area contributed by atoms with E-state index in [0.717, 1.165) is 11.3 Å². The predicted molar refractivity (Wildman–Crippen MR) is 113 cm³/mol. The lowest BCUT2D eigenvalue weighted by Crippen LogP contribution is -2.10. The molecule has 0 spiro atoms. The molecule has 6 nitrogen and oxygen atoms in total. The minimum atomic E-state index is -0.689. The second kappa shape index (κ2) is 11.4. The monoisotopic (exact) mass is 407 g/mol. The average molecular weight is 407 g/mol. The second-order valence-electron chi connectivity index (χ2n) is 6.66. The van der Waals surface area contributed by atoms with Crippen LogP contribution in [0.3, 0.4) is 0 Å². The van der Waals surface area contributed by atoms with Gasteiger partial charge in [-0.3, -0.25) is 4.79 Å². The Morgan fingerprint density at radius 3 is 2.63 bits per heavy atom. The zero-order valence-corrected chi connectivity index (χ0v) is 17.4. The molecule has 0 aliphatic carbocycles. The molecule has 0 radical (unpaired) electrons. The van der Waals surface area contributed by atoms with Crippen LogP contribution in [0.2, 0.25) is 0 Å². The van der Waals surface area contributed by atoms with Crippen LogP contribution in [0.25, 0.3) is 6.08 Å². The number of benzene rings is 2. The van der Waals surface area contributed by atoms with Crippen LogP contribution in [-0.4, -0.2) is 25.2 Å².